The van der Waals surface area contributed by atoms with Gasteiger partial charge in [-0.05, 0) is 72.2 Å². The lowest BCUT2D eigenvalue weighted by Gasteiger charge is -2.22. The molecule has 0 N–H and O–H groups in total. The third-order valence-electron chi connectivity index (χ3n) is 4.28. The summed E-state index contributed by atoms with van der Waals surface area (Å²) in [7, 11) is 0. The van der Waals surface area contributed by atoms with Crippen LogP contribution in [-0.2, 0) is 4.79 Å². The average molecular weight is 407 g/mol. The van der Waals surface area contributed by atoms with E-state index in [2.05, 4.69) is 27.7 Å². The van der Waals surface area contributed by atoms with Crippen molar-refractivity contribution in [3.05, 3.63) is 59.2 Å². The Bertz CT molecular complexity index is 1040. The first-order valence-corrected chi connectivity index (χ1v) is 10.2. The molecule has 0 aliphatic carbocycles. The molecule has 0 unspecified atom stereocenters. The number of thioether (sulfide) groups is 1. The fourth-order valence-corrected chi connectivity index (χ4v) is 3.83. The number of carbonyl (C=O) groups is 1. The van der Waals surface area contributed by atoms with E-state index in [1.54, 1.807) is 9.58 Å². The van der Waals surface area contributed by atoms with Gasteiger partial charge in [0.1, 0.15) is 0 Å². The predicted octanol–water partition coefficient (Wildman–Crippen LogP) is 3.63. The van der Waals surface area contributed by atoms with Crippen molar-refractivity contribution in [2.24, 2.45) is 0 Å². The number of rotatable bonds is 7. The van der Waals surface area contributed by atoms with E-state index in [9.17, 15) is 4.79 Å². The number of aryl methyl sites for hydroxylation is 3. The van der Waals surface area contributed by atoms with Crippen molar-refractivity contribution in [2.45, 2.75) is 32.3 Å². The Hall–Kier alpha value is -3.18. The molecule has 0 saturated carbocycles. The Kier molecular flexibility index (Phi) is 6.62. The van der Waals surface area contributed by atoms with Crippen LogP contribution in [-0.4, -0.2) is 38.4 Å². The lowest BCUT2D eigenvalue weighted by molar-refractivity contribution is -0.116. The second-order valence-electron chi connectivity index (χ2n) is 6.80. The third-order valence-corrected chi connectivity index (χ3v) is 5.18. The minimum absolute atomic E-state index is 0.0888. The molecule has 8 heteroatoms. The quantitative estimate of drug-likeness (QED) is 0.557. The maximum atomic E-state index is 13.0. The monoisotopic (exact) mass is 406 g/mol. The largest absolute Gasteiger partial charge is 0.311 e. The topological polar surface area (TPSA) is 87.7 Å². The van der Waals surface area contributed by atoms with Crippen LogP contribution in [0.1, 0.15) is 23.1 Å². The van der Waals surface area contributed by atoms with Crippen LogP contribution >= 0.6 is 11.8 Å². The van der Waals surface area contributed by atoms with E-state index in [0.717, 1.165) is 28.1 Å². The van der Waals surface area contributed by atoms with Gasteiger partial charge < -0.3 is 4.90 Å². The minimum Gasteiger partial charge on any atom is -0.311 e. The van der Waals surface area contributed by atoms with Gasteiger partial charge >= 0.3 is 0 Å². The summed E-state index contributed by atoms with van der Waals surface area (Å²) < 4.78 is 1.63. The van der Waals surface area contributed by atoms with E-state index in [4.69, 9.17) is 5.26 Å². The Labute approximate surface area is 174 Å². The summed E-state index contributed by atoms with van der Waals surface area (Å²) >= 11 is 1.28. The minimum atomic E-state index is -0.0888. The Morgan fingerprint density at radius 2 is 1.90 bits per heavy atom. The first-order valence-electron chi connectivity index (χ1n) is 9.22. The molecule has 2 aromatic carbocycles. The van der Waals surface area contributed by atoms with E-state index < -0.39 is 0 Å². The molecular formula is C21H22N6OS. The first kappa shape index (κ1) is 20.6. The number of aromatic nitrogens is 4. The maximum absolute atomic E-state index is 13.0. The van der Waals surface area contributed by atoms with Gasteiger partial charge in [-0.25, -0.2) is 0 Å². The van der Waals surface area contributed by atoms with Crippen molar-refractivity contribution in [1.29, 1.82) is 5.26 Å². The van der Waals surface area contributed by atoms with Crippen molar-refractivity contribution in [3.8, 4) is 11.8 Å². The number of carbonyl (C=O) groups excluding carboxylic acids is 1. The van der Waals surface area contributed by atoms with Gasteiger partial charge in [0, 0.05) is 12.2 Å². The zero-order valence-corrected chi connectivity index (χ0v) is 17.5. The fraction of sp³-hybridized carbons (Fsp3) is 0.286. The summed E-state index contributed by atoms with van der Waals surface area (Å²) in [6, 6.07) is 15.9. The van der Waals surface area contributed by atoms with Crippen LogP contribution in [0.15, 0.2) is 47.6 Å². The molecule has 0 aliphatic rings. The maximum Gasteiger partial charge on any atom is 0.237 e. The van der Waals surface area contributed by atoms with Crippen molar-refractivity contribution in [3.63, 3.8) is 0 Å². The van der Waals surface area contributed by atoms with Gasteiger partial charge in [-0.1, -0.05) is 30.0 Å². The van der Waals surface area contributed by atoms with Crippen LogP contribution in [0, 0.1) is 32.1 Å². The van der Waals surface area contributed by atoms with Gasteiger partial charge in [-0.15, -0.1) is 5.10 Å². The summed E-state index contributed by atoms with van der Waals surface area (Å²) in [5.74, 6) is 0.0824. The van der Waals surface area contributed by atoms with Gasteiger partial charge in [0.2, 0.25) is 11.1 Å². The van der Waals surface area contributed by atoms with Gasteiger partial charge in [-0.3, -0.25) is 4.79 Å². The molecule has 148 valence electrons. The molecule has 3 aromatic rings. The molecule has 0 aliphatic heterocycles. The number of hydrogen-bond donors (Lipinski definition) is 0. The highest BCUT2D eigenvalue weighted by molar-refractivity contribution is 7.99. The molecule has 0 spiro atoms. The van der Waals surface area contributed by atoms with E-state index in [1.165, 1.54) is 11.8 Å². The molecule has 3 rings (SSSR count). The van der Waals surface area contributed by atoms with E-state index >= 15 is 0 Å². The van der Waals surface area contributed by atoms with Crippen LogP contribution in [0.4, 0.5) is 5.69 Å². The molecule has 0 fully saturated rings. The fourth-order valence-electron chi connectivity index (χ4n) is 3.06. The number of anilines is 1. The number of nitriles is 1. The number of tetrazole rings is 1. The molecule has 1 aromatic heterocycles. The van der Waals surface area contributed by atoms with Crippen LogP contribution in [0.25, 0.3) is 5.69 Å². The van der Waals surface area contributed by atoms with Crippen molar-refractivity contribution in [2.75, 3.05) is 17.2 Å². The first-order chi connectivity index (χ1) is 14.0. The zero-order chi connectivity index (χ0) is 20.8. The second-order valence-corrected chi connectivity index (χ2v) is 7.74. The summed E-state index contributed by atoms with van der Waals surface area (Å²) in [5.41, 5.74) is 4.90. The Morgan fingerprint density at radius 1 is 1.14 bits per heavy atom. The molecule has 1 amide bonds. The van der Waals surface area contributed by atoms with Crippen LogP contribution in [0.5, 0.6) is 0 Å². The van der Waals surface area contributed by atoms with Crippen molar-refractivity contribution < 1.29 is 4.79 Å². The van der Waals surface area contributed by atoms with Gasteiger partial charge in [0.25, 0.3) is 0 Å². The molecule has 0 bridgehead atoms. The standard InChI is InChI=1S/C21H22N6OS/c1-15-6-4-7-18(11-15)27-21(23-24-25-27)29-14-20(28)26(9-5-8-22)19-12-16(2)10-17(3)13-19/h4,6-7,10-13H,5,9,14H2,1-3H3. The molecule has 0 atom stereocenters. The summed E-state index contributed by atoms with van der Waals surface area (Å²) in [6.45, 7) is 6.34. The van der Waals surface area contributed by atoms with Crippen molar-refractivity contribution in [1.82, 2.24) is 20.2 Å². The van der Waals surface area contributed by atoms with Crippen molar-refractivity contribution >= 4 is 23.4 Å². The number of nitrogens with zero attached hydrogens (tertiary/aromatic N) is 6. The third kappa shape index (κ3) is 5.21. The van der Waals surface area contributed by atoms with E-state index in [-0.39, 0.29) is 18.1 Å². The lowest BCUT2D eigenvalue weighted by atomic mass is 10.1. The molecule has 29 heavy (non-hydrogen) atoms. The van der Waals surface area contributed by atoms with Crippen LogP contribution in [0.3, 0.4) is 0 Å². The normalized spacial score (nSPS) is 10.6. The van der Waals surface area contributed by atoms with E-state index in [1.807, 2.05) is 57.2 Å². The SMILES string of the molecule is Cc1cc(C)cc(N(CCC#N)C(=O)CSc2nnnn2-c2cccc(C)c2)c1. The van der Waals surface area contributed by atoms with Gasteiger partial charge in [-0.2, -0.15) is 9.94 Å². The number of hydrogen-bond acceptors (Lipinski definition) is 6. The molecule has 0 radical (unpaired) electrons. The highest BCUT2D eigenvalue weighted by Crippen LogP contribution is 2.23. The molecule has 7 nitrogen and oxygen atoms in total. The molecule has 1 heterocycles. The number of amides is 1. The number of benzene rings is 2. The molecule has 0 saturated heterocycles. The summed E-state index contributed by atoms with van der Waals surface area (Å²) in [6.07, 6.45) is 0.268. The lowest BCUT2D eigenvalue weighted by Crippen LogP contribution is -2.33. The Morgan fingerprint density at radius 3 is 2.59 bits per heavy atom. The highest BCUT2D eigenvalue weighted by Gasteiger charge is 2.19. The van der Waals surface area contributed by atoms with Gasteiger partial charge in [0.05, 0.1) is 23.9 Å². The average Bonchev–Trinajstić information content (AvgIpc) is 3.14. The smallest absolute Gasteiger partial charge is 0.237 e. The van der Waals surface area contributed by atoms with Crippen LogP contribution < -0.4 is 4.90 Å². The van der Waals surface area contributed by atoms with E-state index in [0.29, 0.717) is 11.7 Å². The van der Waals surface area contributed by atoms with Crippen LogP contribution in [0.2, 0.25) is 0 Å². The van der Waals surface area contributed by atoms with Gasteiger partial charge in [0.15, 0.2) is 0 Å². The summed E-state index contributed by atoms with van der Waals surface area (Å²) in [4.78, 5) is 14.7. The molecular weight excluding hydrogens is 384 g/mol. The highest BCUT2D eigenvalue weighted by atomic mass is 32.2. The second kappa shape index (κ2) is 9.34. The predicted molar refractivity (Wildman–Crippen MR) is 113 cm³/mol. The zero-order valence-electron chi connectivity index (χ0n) is 16.7. The summed E-state index contributed by atoms with van der Waals surface area (Å²) in [5, 5.41) is 21.4. The Balaban J connectivity index is 1.78.